The summed E-state index contributed by atoms with van der Waals surface area (Å²) in [5.41, 5.74) is 1.95. The van der Waals surface area contributed by atoms with Crippen LogP contribution in [-0.4, -0.2) is 15.7 Å². The Morgan fingerprint density at radius 1 is 1.32 bits per heavy atom. The Bertz CT molecular complexity index is 601. The molecule has 2 aromatic rings. The molecular weight excluding hydrogens is 238 g/mol. The summed E-state index contributed by atoms with van der Waals surface area (Å²) in [5.74, 6) is 0.105. The molecule has 3 rings (SSSR count). The Morgan fingerprint density at radius 3 is 2.68 bits per heavy atom. The maximum Gasteiger partial charge on any atom is 0.228 e. The minimum absolute atomic E-state index is 0.0736. The number of benzene rings is 1. The number of nitrogens with one attached hydrogen (secondary N) is 1. The van der Waals surface area contributed by atoms with Crippen molar-refractivity contribution in [1.82, 2.24) is 15.1 Å². The first-order valence-electron chi connectivity index (χ1n) is 6.44. The molecule has 1 unspecified atom stereocenters. The second kappa shape index (κ2) is 4.23. The zero-order valence-electron chi connectivity index (χ0n) is 11.1. The summed E-state index contributed by atoms with van der Waals surface area (Å²) in [6.45, 7) is 4.68. The molecule has 19 heavy (non-hydrogen) atoms. The second-order valence-electron chi connectivity index (χ2n) is 5.59. The molecule has 1 aromatic carbocycles. The third kappa shape index (κ3) is 2.03. The highest BCUT2D eigenvalue weighted by Crippen LogP contribution is 2.41. The van der Waals surface area contributed by atoms with E-state index in [4.69, 9.17) is 0 Å². The topological polar surface area (TPSA) is 46.9 Å². The Kier molecular flexibility index (Phi) is 2.66. The molecule has 0 saturated carbocycles. The van der Waals surface area contributed by atoms with Crippen molar-refractivity contribution < 1.29 is 4.79 Å². The Hall–Kier alpha value is -2.10. The molecule has 1 aliphatic heterocycles. The normalized spacial score (nSPS) is 20.7. The molecule has 4 heteroatoms. The van der Waals surface area contributed by atoms with Crippen LogP contribution >= 0.6 is 0 Å². The van der Waals surface area contributed by atoms with Crippen LogP contribution in [0.25, 0.3) is 0 Å². The van der Waals surface area contributed by atoms with E-state index in [0.29, 0.717) is 0 Å². The van der Waals surface area contributed by atoms with Gasteiger partial charge in [-0.1, -0.05) is 30.3 Å². The van der Waals surface area contributed by atoms with Gasteiger partial charge >= 0.3 is 0 Å². The highest BCUT2D eigenvalue weighted by Gasteiger charge is 2.48. The van der Waals surface area contributed by atoms with Crippen LogP contribution in [-0.2, 0) is 11.3 Å². The van der Waals surface area contributed by atoms with Crippen LogP contribution in [0.3, 0.4) is 0 Å². The third-order valence-electron chi connectivity index (χ3n) is 3.76. The molecule has 1 fully saturated rings. The van der Waals surface area contributed by atoms with Gasteiger partial charge in [0.25, 0.3) is 0 Å². The molecule has 1 saturated heterocycles. The predicted molar refractivity (Wildman–Crippen MR) is 72.4 cm³/mol. The summed E-state index contributed by atoms with van der Waals surface area (Å²) in [4.78, 5) is 11.5. The van der Waals surface area contributed by atoms with Gasteiger partial charge in [-0.2, -0.15) is 5.10 Å². The lowest BCUT2D eigenvalue weighted by Crippen LogP contribution is -2.57. The van der Waals surface area contributed by atoms with Crippen molar-refractivity contribution in [3.63, 3.8) is 0 Å². The minimum atomic E-state index is -0.333. The number of rotatable bonds is 3. The maximum atomic E-state index is 11.5. The standard InChI is InChI=1S/C15H17N3O/c1-15(2)13(17-14(15)19)12-8-16-18(10-12)9-11-6-4-3-5-7-11/h3-8,10,13H,9H2,1-2H3,(H,17,19). The zero-order valence-corrected chi connectivity index (χ0v) is 11.1. The van der Waals surface area contributed by atoms with Gasteiger partial charge in [0, 0.05) is 11.8 Å². The molecule has 1 aromatic heterocycles. The van der Waals surface area contributed by atoms with Crippen molar-refractivity contribution >= 4 is 5.91 Å². The zero-order chi connectivity index (χ0) is 13.5. The van der Waals surface area contributed by atoms with E-state index < -0.39 is 0 Å². The van der Waals surface area contributed by atoms with Crippen LogP contribution in [0.4, 0.5) is 0 Å². The molecule has 1 atom stereocenters. The van der Waals surface area contributed by atoms with Gasteiger partial charge < -0.3 is 5.32 Å². The second-order valence-corrected chi connectivity index (χ2v) is 5.59. The largest absolute Gasteiger partial charge is 0.348 e. The Morgan fingerprint density at radius 2 is 2.05 bits per heavy atom. The number of aromatic nitrogens is 2. The highest BCUT2D eigenvalue weighted by molar-refractivity contribution is 5.89. The van der Waals surface area contributed by atoms with Crippen molar-refractivity contribution in [1.29, 1.82) is 0 Å². The van der Waals surface area contributed by atoms with Gasteiger partial charge in [0.05, 0.1) is 24.2 Å². The fourth-order valence-corrected chi connectivity index (χ4v) is 2.44. The van der Waals surface area contributed by atoms with Crippen LogP contribution in [0, 0.1) is 5.41 Å². The fourth-order valence-electron chi connectivity index (χ4n) is 2.44. The fraction of sp³-hybridized carbons (Fsp3) is 0.333. The number of hydrogen-bond acceptors (Lipinski definition) is 2. The lowest BCUT2D eigenvalue weighted by atomic mass is 9.74. The predicted octanol–water partition coefficient (Wildman–Crippen LogP) is 2.13. The van der Waals surface area contributed by atoms with Gasteiger partial charge in [0.1, 0.15) is 0 Å². The lowest BCUT2D eigenvalue weighted by Gasteiger charge is -2.43. The van der Waals surface area contributed by atoms with E-state index in [1.165, 1.54) is 5.56 Å². The van der Waals surface area contributed by atoms with Crippen molar-refractivity contribution in [3.8, 4) is 0 Å². The Labute approximate surface area is 112 Å². The molecule has 2 heterocycles. The molecule has 0 bridgehead atoms. The highest BCUT2D eigenvalue weighted by atomic mass is 16.2. The SMILES string of the molecule is CC1(C)C(=O)NC1c1cnn(Cc2ccccc2)c1. The van der Waals surface area contributed by atoms with E-state index in [1.54, 1.807) is 0 Å². The minimum Gasteiger partial charge on any atom is -0.348 e. The van der Waals surface area contributed by atoms with Gasteiger partial charge in [-0.25, -0.2) is 0 Å². The lowest BCUT2D eigenvalue weighted by molar-refractivity contribution is -0.143. The summed E-state index contributed by atoms with van der Waals surface area (Å²) in [5, 5.41) is 7.30. The summed E-state index contributed by atoms with van der Waals surface area (Å²) in [7, 11) is 0. The molecule has 1 N–H and O–H groups in total. The molecule has 1 aliphatic rings. The van der Waals surface area contributed by atoms with E-state index in [2.05, 4.69) is 22.5 Å². The first kappa shape index (κ1) is 12.0. The average Bonchev–Trinajstić information content (AvgIpc) is 2.85. The third-order valence-corrected chi connectivity index (χ3v) is 3.76. The average molecular weight is 255 g/mol. The molecule has 0 aliphatic carbocycles. The van der Waals surface area contributed by atoms with E-state index in [-0.39, 0.29) is 17.4 Å². The van der Waals surface area contributed by atoms with Gasteiger partial charge in [0.15, 0.2) is 0 Å². The quantitative estimate of drug-likeness (QED) is 0.854. The van der Waals surface area contributed by atoms with E-state index in [1.807, 2.05) is 49.1 Å². The van der Waals surface area contributed by atoms with Crippen LogP contribution in [0.5, 0.6) is 0 Å². The van der Waals surface area contributed by atoms with E-state index >= 15 is 0 Å². The number of β-lactam (4-membered cyclic amide) rings is 1. The van der Waals surface area contributed by atoms with Gasteiger partial charge in [-0.3, -0.25) is 9.48 Å². The monoisotopic (exact) mass is 255 g/mol. The van der Waals surface area contributed by atoms with Gasteiger partial charge in [-0.05, 0) is 19.4 Å². The van der Waals surface area contributed by atoms with Crippen molar-refractivity contribution in [2.24, 2.45) is 5.41 Å². The van der Waals surface area contributed by atoms with Crippen molar-refractivity contribution in [3.05, 3.63) is 53.9 Å². The van der Waals surface area contributed by atoms with Crippen LogP contribution < -0.4 is 5.32 Å². The number of carbonyl (C=O) groups excluding carboxylic acids is 1. The molecule has 4 nitrogen and oxygen atoms in total. The van der Waals surface area contributed by atoms with E-state index in [0.717, 1.165) is 12.1 Å². The van der Waals surface area contributed by atoms with Crippen LogP contribution in [0.2, 0.25) is 0 Å². The summed E-state index contributed by atoms with van der Waals surface area (Å²) < 4.78 is 1.91. The molecule has 98 valence electrons. The van der Waals surface area contributed by atoms with Gasteiger partial charge in [-0.15, -0.1) is 0 Å². The summed E-state index contributed by atoms with van der Waals surface area (Å²) in [6.07, 6.45) is 3.85. The Balaban J connectivity index is 1.76. The smallest absolute Gasteiger partial charge is 0.228 e. The van der Waals surface area contributed by atoms with Crippen LogP contribution in [0.1, 0.15) is 31.0 Å². The maximum absolute atomic E-state index is 11.5. The first-order valence-corrected chi connectivity index (χ1v) is 6.44. The van der Waals surface area contributed by atoms with Crippen molar-refractivity contribution in [2.45, 2.75) is 26.4 Å². The number of carbonyl (C=O) groups is 1. The summed E-state index contributed by atoms with van der Waals surface area (Å²) >= 11 is 0. The van der Waals surface area contributed by atoms with Crippen molar-refractivity contribution in [2.75, 3.05) is 0 Å². The molecule has 0 radical (unpaired) electrons. The number of hydrogen-bond donors (Lipinski definition) is 1. The van der Waals surface area contributed by atoms with Gasteiger partial charge in [0.2, 0.25) is 5.91 Å². The van der Waals surface area contributed by atoms with Crippen LogP contribution in [0.15, 0.2) is 42.7 Å². The molecular formula is C15H17N3O. The summed E-state index contributed by atoms with van der Waals surface area (Å²) in [6, 6.07) is 10.3. The number of nitrogens with zero attached hydrogens (tertiary/aromatic N) is 2. The van der Waals surface area contributed by atoms with E-state index in [9.17, 15) is 4.79 Å². The molecule has 0 spiro atoms. The first-order chi connectivity index (χ1) is 9.07. The number of amides is 1. The molecule has 1 amide bonds.